The summed E-state index contributed by atoms with van der Waals surface area (Å²) in [6, 6.07) is 4.58. The Bertz CT molecular complexity index is 688. The standard InChI is InChI=1S/C16H23NO6S/c1-21-8-7-17(13-6-9-24(19,20)11-13)16(18)12-4-5-14(22-2)15(10-12)23-3/h4-5,10,13H,6-9,11H2,1-3H3/t13-/m1/s1. The van der Waals surface area contributed by atoms with Crippen molar-refractivity contribution in [2.45, 2.75) is 12.5 Å². The molecule has 1 aromatic rings. The smallest absolute Gasteiger partial charge is 0.254 e. The number of rotatable bonds is 7. The number of benzene rings is 1. The van der Waals surface area contributed by atoms with Crippen LogP contribution in [0.5, 0.6) is 11.5 Å². The predicted molar refractivity (Wildman–Crippen MR) is 89.5 cm³/mol. The first kappa shape index (κ1) is 18.5. The Morgan fingerprint density at radius 3 is 2.46 bits per heavy atom. The topological polar surface area (TPSA) is 82.1 Å². The highest BCUT2D eigenvalue weighted by atomic mass is 32.2. The molecule has 0 aromatic heterocycles. The number of methoxy groups -OCH3 is 3. The van der Waals surface area contributed by atoms with Gasteiger partial charge < -0.3 is 19.1 Å². The average molecular weight is 357 g/mol. The summed E-state index contributed by atoms with van der Waals surface area (Å²) < 4.78 is 39.0. The van der Waals surface area contributed by atoms with Crippen molar-refractivity contribution in [2.75, 3.05) is 46.0 Å². The lowest BCUT2D eigenvalue weighted by atomic mass is 10.1. The lowest BCUT2D eigenvalue weighted by Gasteiger charge is -2.28. The van der Waals surface area contributed by atoms with Crippen LogP contribution in [-0.2, 0) is 14.6 Å². The fraction of sp³-hybridized carbons (Fsp3) is 0.562. The molecule has 2 rings (SSSR count). The summed E-state index contributed by atoms with van der Waals surface area (Å²) in [4.78, 5) is 14.5. The van der Waals surface area contributed by atoms with Gasteiger partial charge in [0, 0.05) is 25.3 Å². The van der Waals surface area contributed by atoms with Crippen LogP contribution in [0.2, 0.25) is 0 Å². The van der Waals surface area contributed by atoms with Crippen LogP contribution in [0.1, 0.15) is 16.8 Å². The third kappa shape index (κ3) is 4.18. The lowest BCUT2D eigenvalue weighted by molar-refractivity contribution is 0.0624. The molecule has 0 N–H and O–H groups in total. The molecule has 1 fully saturated rings. The van der Waals surface area contributed by atoms with Crippen molar-refractivity contribution in [1.82, 2.24) is 4.90 Å². The first-order valence-electron chi connectivity index (χ1n) is 7.64. The number of nitrogens with zero attached hydrogens (tertiary/aromatic N) is 1. The van der Waals surface area contributed by atoms with E-state index in [0.717, 1.165) is 0 Å². The molecule has 0 unspecified atom stereocenters. The summed E-state index contributed by atoms with van der Waals surface area (Å²) >= 11 is 0. The molecule has 0 spiro atoms. The Hall–Kier alpha value is -1.80. The van der Waals surface area contributed by atoms with Crippen molar-refractivity contribution >= 4 is 15.7 Å². The van der Waals surface area contributed by atoms with E-state index in [-0.39, 0.29) is 23.5 Å². The maximum absolute atomic E-state index is 12.9. The lowest BCUT2D eigenvalue weighted by Crippen LogP contribution is -2.43. The number of hydrogen-bond acceptors (Lipinski definition) is 6. The summed E-state index contributed by atoms with van der Waals surface area (Å²) in [6.45, 7) is 0.680. The largest absolute Gasteiger partial charge is 0.493 e. The van der Waals surface area contributed by atoms with Gasteiger partial charge in [0.1, 0.15) is 0 Å². The van der Waals surface area contributed by atoms with Crippen molar-refractivity contribution in [1.29, 1.82) is 0 Å². The second-order valence-corrected chi connectivity index (χ2v) is 7.85. The Labute approximate surface area is 142 Å². The Kier molecular flexibility index (Phi) is 6.06. The molecule has 0 bridgehead atoms. The van der Waals surface area contributed by atoms with E-state index in [2.05, 4.69) is 0 Å². The number of amides is 1. The van der Waals surface area contributed by atoms with E-state index in [0.29, 0.717) is 36.6 Å². The zero-order valence-electron chi connectivity index (χ0n) is 14.1. The monoisotopic (exact) mass is 357 g/mol. The molecule has 0 radical (unpaired) electrons. The summed E-state index contributed by atoms with van der Waals surface area (Å²) in [5, 5.41) is 0. The summed E-state index contributed by atoms with van der Waals surface area (Å²) in [7, 11) is 1.48. The van der Waals surface area contributed by atoms with Gasteiger partial charge in [-0.25, -0.2) is 8.42 Å². The minimum atomic E-state index is -3.08. The van der Waals surface area contributed by atoms with Gasteiger partial charge in [0.2, 0.25) is 0 Å². The van der Waals surface area contributed by atoms with Crippen LogP contribution in [-0.4, -0.2) is 71.3 Å². The van der Waals surface area contributed by atoms with Crippen LogP contribution < -0.4 is 9.47 Å². The van der Waals surface area contributed by atoms with Gasteiger partial charge in [-0.15, -0.1) is 0 Å². The second-order valence-electron chi connectivity index (χ2n) is 5.62. The molecule has 1 saturated heterocycles. The van der Waals surface area contributed by atoms with Crippen LogP contribution in [0.15, 0.2) is 18.2 Å². The first-order chi connectivity index (χ1) is 11.4. The zero-order valence-corrected chi connectivity index (χ0v) is 15.0. The maximum Gasteiger partial charge on any atom is 0.254 e. The molecule has 0 saturated carbocycles. The second kappa shape index (κ2) is 7.85. The van der Waals surface area contributed by atoms with Gasteiger partial charge in [-0.1, -0.05) is 0 Å². The van der Waals surface area contributed by atoms with E-state index in [1.54, 1.807) is 30.2 Å². The van der Waals surface area contributed by atoms with Crippen molar-refractivity contribution in [3.63, 3.8) is 0 Å². The van der Waals surface area contributed by atoms with Gasteiger partial charge in [-0.05, 0) is 24.6 Å². The molecule has 1 heterocycles. The quantitative estimate of drug-likeness (QED) is 0.723. The van der Waals surface area contributed by atoms with Crippen LogP contribution in [0.4, 0.5) is 0 Å². The van der Waals surface area contributed by atoms with Gasteiger partial charge in [0.05, 0.1) is 32.3 Å². The predicted octanol–water partition coefficient (Wildman–Crippen LogP) is 0.980. The minimum absolute atomic E-state index is 0.00422. The molecule has 7 nitrogen and oxygen atoms in total. The molecule has 0 aliphatic carbocycles. The third-order valence-corrected chi connectivity index (χ3v) is 5.83. The van der Waals surface area contributed by atoms with Gasteiger partial charge in [0.25, 0.3) is 5.91 Å². The highest BCUT2D eigenvalue weighted by molar-refractivity contribution is 7.91. The Morgan fingerprint density at radius 2 is 1.92 bits per heavy atom. The van der Waals surface area contributed by atoms with Gasteiger partial charge in [0.15, 0.2) is 21.3 Å². The number of carbonyl (C=O) groups excluding carboxylic acids is 1. The maximum atomic E-state index is 12.9. The van der Waals surface area contributed by atoms with E-state index in [1.165, 1.54) is 14.2 Å². The van der Waals surface area contributed by atoms with Crippen molar-refractivity contribution in [3.05, 3.63) is 23.8 Å². The molecule has 134 valence electrons. The molecule has 1 aliphatic heterocycles. The van der Waals surface area contributed by atoms with Crippen molar-refractivity contribution in [3.8, 4) is 11.5 Å². The third-order valence-electron chi connectivity index (χ3n) is 4.08. The van der Waals surface area contributed by atoms with Crippen LogP contribution in [0.25, 0.3) is 0 Å². The molecule has 1 amide bonds. The number of carbonyl (C=O) groups is 1. The minimum Gasteiger partial charge on any atom is -0.493 e. The molecule has 1 aromatic carbocycles. The normalized spacial score (nSPS) is 19.0. The SMILES string of the molecule is COCCN(C(=O)c1ccc(OC)c(OC)c1)[C@@H]1CCS(=O)(=O)C1. The Balaban J connectivity index is 2.27. The highest BCUT2D eigenvalue weighted by Crippen LogP contribution is 2.29. The van der Waals surface area contributed by atoms with E-state index in [1.807, 2.05) is 0 Å². The van der Waals surface area contributed by atoms with E-state index < -0.39 is 9.84 Å². The van der Waals surface area contributed by atoms with Crippen molar-refractivity contribution in [2.24, 2.45) is 0 Å². The fourth-order valence-electron chi connectivity index (χ4n) is 2.80. The molecule has 8 heteroatoms. The summed E-state index contributed by atoms with van der Waals surface area (Å²) in [5.74, 6) is 0.848. The van der Waals surface area contributed by atoms with Gasteiger partial charge >= 0.3 is 0 Å². The van der Waals surface area contributed by atoms with Gasteiger partial charge in [-0.2, -0.15) is 0 Å². The summed E-state index contributed by atoms with van der Waals surface area (Å²) in [6.07, 6.45) is 0.449. The first-order valence-corrected chi connectivity index (χ1v) is 9.46. The van der Waals surface area contributed by atoms with Crippen LogP contribution in [0, 0.1) is 0 Å². The van der Waals surface area contributed by atoms with E-state index in [4.69, 9.17) is 14.2 Å². The molecule has 1 atom stereocenters. The Morgan fingerprint density at radius 1 is 1.21 bits per heavy atom. The number of hydrogen-bond donors (Lipinski definition) is 0. The molecule has 1 aliphatic rings. The molecular weight excluding hydrogens is 334 g/mol. The average Bonchev–Trinajstić information content (AvgIpc) is 2.94. The molecule has 24 heavy (non-hydrogen) atoms. The van der Waals surface area contributed by atoms with E-state index >= 15 is 0 Å². The fourth-order valence-corrected chi connectivity index (χ4v) is 4.53. The van der Waals surface area contributed by atoms with Gasteiger partial charge in [-0.3, -0.25) is 4.79 Å². The molecular formula is C16H23NO6S. The van der Waals surface area contributed by atoms with Crippen LogP contribution in [0.3, 0.4) is 0 Å². The van der Waals surface area contributed by atoms with Crippen molar-refractivity contribution < 1.29 is 27.4 Å². The van der Waals surface area contributed by atoms with E-state index in [9.17, 15) is 13.2 Å². The van der Waals surface area contributed by atoms with Crippen LogP contribution >= 0.6 is 0 Å². The summed E-state index contributed by atoms with van der Waals surface area (Å²) in [5.41, 5.74) is 0.424. The number of ether oxygens (including phenoxy) is 3. The zero-order chi connectivity index (χ0) is 17.7. The number of sulfone groups is 1. The highest BCUT2D eigenvalue weighted by Gasteiger charge is 2.35.